The molecule has 2 aliphatic rings. The quantitative estimate of drug-likeness (QED) is 0.772. The van der Waals surface area contributed by atoms with Crippen LogP contribution in [-0.4, -0.2) is 35.9 Å². The Morgan fingerprint density at radius 3 is 2.41 bits per heavy atom. The van der Waals surface area contributed by atoms with Gasteiger partial charge in [0, 0.05) is 25.1 Å². The maximum Gasteiger partial charge on any atom is 0.251 e. The minimum absolute atomic E-state index is 0.141. The molecular formula is C24H28N2O3. The highest BCUT2D eigenvalue weighted by Crippen LogP contribution is 2.24. The molecule has 0 radical (unpaired) electrons. The third kappa shape index (κ3) is 4.97. The number of carbonyl (C=O) groups excluding carboxylic acids is 2. The Bertz CT molecular complexity index is 829. The zero-order valence-electron chi connectivity index (χ0n) is 16.7. The fourth-order valence-electron chi connectivity index (χ4n) is 4.16. The van der Waals surface area contributed by atoms with E-state index in [0.717, 1.165) is 37.1 Å². The van der Waals surface area contributed by atoms with Crippen molar-refractivity contribution in [1.82, 2.24) is 10.2 Å². The van der Waals surface area contributed by atoms with Gasteiger partial charge in [-0.25, -0.2) is 0 Å². The first kappa shape index (κ1) is 19.5. The van der Waals surface area contributed by atoms with Crippen LogP contribution in [0.5, 0.6) is 5.75 Å². The van der Waals surface area contributed by atoms with Crippen molar-refractivity contribution in [3.63, 3.8) is 0 Å². The number of benzene rings is 2. The zero-order valence-corrected chi connectivity index (χ0v) is 16.7. The van der Waals surface area contributed by atoms with Gasteiger partial charge in [0.05, 0.1) is 12.1 Å². The average Bonchev–Trinajstić information content (AvgIpc) is 3.40. The molecule has 1 aliphatic heterocycles. The van der Waals surface area contributed by atoms with Gasteiger partial charge in [-0.2, -0.15) is 0 Å². The van der Waals surface area contributed by atoms with Gasteiger partial charge in [-0.3, -0.25) is 9.59 Å². The molecule has 1 heterocycles. The van der Waals surface area contributed by atoms with E-state index in [1.54, 1.807) is 0 Å². The first-order chi connectivity index (χ1) is 14.2. The lowest BCUT2D eigenvalue weighted by Crippen LogP contribution is -2.38. The lowest BCUT2D eigenvalue weighted by atomic mass is 10.1. The highest BCUT2D eigenvalue weighted by atomic mass is 16.5. The third-order valence-electron chi connectivity index (χ3n) is 5.80. The third-order valence-corrected chi connectivity index (χ3v) is 5.80. The lowest BCUT2D eigenvalue weighted by molar-refractivity contribution is -0.128. The summed E-state index contributed by atoms with van der Waals surface area (Å²) in [5, 5.41) is 3.12. The van der Waals surface area contributed by atoms with Gasteiger partial charge in [0.15, 0.2) is 0 Å². The Labute approximate surface area is 172 Å². The van der Waals surface area contributed by atoms with Crippen LogP contribution in [0.4, 0.5) is 0 Å². The summed E-state index contributed by atoms with van der Waals surface area (Å²) in [5.74, 6) is 0.835. The fourth-order valence-corrected chi connectivity index (χ4v) is 4.16. The number of hydrogen-bond acceptors (Lipinski definition) is 3. The van der Waals surface area contributed by atoms with Gasteiger partial charge in [0.1, 0.15) is 5.75 Å². The first-order valence-electron chi connectivity index (χ1n) is 10.6. The van der Waals surface area contributed by atoms with E-state index in [0.29, 0.717) is 24.6 Å². The van der Waals surface area contributed by atoms with Crippen molar-refractivity contribution in [3.05, 3.63) is 65.7 Å². The average molecular weight is 392 g/mol. The van der Waals surface area contributed by atoms with Gasteiger partial charge < -0.3 is 15.0 Å². The summed E-state index contributed by atoms with van der Waals surface area (Å²) in [7, 11) is 0. The summed E-state index contributed by atoms with van der Waals surface area (Å²) in [6.07, 6.45) is 6.45. The van der Waals surface area contributed by atoms with Crippen molar-refractivity contribution in [2.45, 2.75) is 50.7 Å². The standard InChI is InChI=1S/C24H28N2O3/c27-23-11-6-16-26(23)17-22(18-7-2-1-3-8-18)25-24(28)19-12-14-21(15-13-19)29-20-9-4-5-10-20/h1-3,7-8,12-15,20,22H,4-6,9-11,16-17H2,(H,25,28)/t22-/m0/s1. The molecule has 2 aromatic rings. The molecular weight excluding hydrogens is 364 g/mol. The van der Waals surface area contributed by atoms with Crippen molar-refractivity contribution in [2.75, 3.05) is 13.1 Å². The van der Waals surface area contributed by atoms with E-state index in [4.69, 9.17) is 4.74 Å². The molecule has 152 valence electrons. The predicted octanol–water partition coefficient (Wildman–Crippen LogP) is 4.10. The van der Waals surface area contributed by atoms with Crippen LogP contribution in [0.3, 0.4) is 0 Å². The van der Waals surface area contributed by atoms with E-state index in [1.807, 2.05) is 59.5 Å². The number of hydrogen-bond donors (Lipinski definition) is 1. The molecule has 1 N–H and O–H groups in total. The summed E-state index contributed by atoms with van der Waals surface area (Å²) in [4.78, 5) is 26.8. The molecule has 1 aliphatic carbocycles. The number of carbonyl (C=O) groups is 2. The Hall–Kier alpha value is -2.82. The number of nitrogens with one attached hydrogen (secondary N) is 1. The van der Waals surface area contributed by atoms with Gasteiger partial charge >= 0.3 is 0 Å². The number of amides is 2. The van der Waals surface area contributed by atoms with Gasteiger partial charge in [0.25, 0.3) is 5.91 Å². The van der Waals surface area contributed by atoms with Crippen LogP contribution in [0, 0.1) is 0 Å². The van der Waals surface area contributed by atoms with Gasteiger partial charge in [0.2, 0.25) is 5.91 Å². The summed E-state index contributed by atoms with van der Waals surface area (Å²) >= 11 is 0. The number of likely N-dealkylation sites (tertiary alicyclic amines) is 1. The summed E-state index contributed by atoms with van der Waals surface area (Å²) in [5.41, 5.74) is 1.60. The van der Waals surface area contributed by atoms with E-state index in [-0.39, 0.29) is 17.9 Å². The number of ether oxygens (including phenoxy) is 1. The molecule has 5 nitrogen and oxygen atoms in total. The van der Waals surface area contributed by atoms with Crippen LogP contribution in [0.15, 0.2) is 54.6 Å². The molecule has 0 spiro atoms. The summed E-state index contributed by atoms with van der Waals surface area (Å²) < 4.78 is 5.99. The summed E-state index contributed by atoms with van der Waals surface area (Å²) in [6.45, 7) is 1.25. The van der Waals surface area contributed by atoms with Crippen molar-refractivity contribution < 1.29 is 14.3 Å². The van der Waals surface area contributed by atoms with Crippen LogP contribution in [0.2, 0.25) is 0 Å². The second kappa shape index (κ2) is 9.12. The Balaban J connectivity index is 1.43. The van der Waals surface area contributed by atoms with E-state index < -0.39 is 0 Å². The predicted molar refractivity (Wildman–Crippen MR) is 112 cm³/mol. The van der Waals surface area contributed by atoms with Crippen LogP contribution < -0.4 is 10.1 Å². The van der Waals surface area contributed by atoms with Crippen molar-refractivity contribution in [2.24, 2.45) is 0 Å². The van der Waals surface area contributed by atoms with Crippen molar-refractivity contribution >= 4 is 11.8 Å². The SMILES string of the molecule is O=C(N[C@@H](CN1CCCC1=O)c1ccccc1)c1ccc(OC2CCCC2)cc1. The maximum atomic E-state index is 12.9. The summed E-state index contributed by atoms with van der Waals surface area (Å²) in [6, 6.07) is 17.0. The van der Waals surface area contributed by atoms with E-state index >= 15 is 0 Å². The normalized spacial score (nSPS) is 18.1. The molecule has 0 aromatic heterocycles. The molecule has 4 rings (SSSR count). The molecule has 2 fully saturated rings. The molecule has 29 heavy (non-hydrogen) atoms. The minimum atomic E-state index is -0.236. The maximum absolute atomic E-state index is 12.9. The van der Waals surface area contributed by atoms with E-state index in [1.165, 1.54) is 12.8 Å². The Morgan fingerprint density at radius 2 is 1.76 bits per heavy atom. The number of nitrogens with zero attached hydrogens (tertiary/aromatic N) is 1. The van der Waals surface area contributed by atoms with Crippen LogP contribution in [0.25, 0.3) is 0 Å². The second-order valence-corrected chi connectivity index (χ2v) is 7.93. The van der Waals surface area contributed by atoms with Crippen molar-refractivity contribution in [1.29, 1.82) is 0 Å². The van der Waals surface area contributed by atoms with Gasteiger partial charge in [-0.1, -0.05) is 30.3 Å². The smallest absolute Gasteiger partial charge is 0.251 e. The zero-order chi connectivity index (χ0) is 20.1. The van der Waals surface area contributed by atoms with Gasteiger partial charge in [-0.15, -0.1) is 0 Å². The molecule has 0 bridgehead atoms. The molecule has 1 saturated carbocycles. The van der Waals surface area contributed by atoms with E-state index in [2.05, 4.69) is 5.32 Å². The molecule has 0 unspecified atom stereocenters. The van der Waals surface area contributed by atoms with E-state index in [9.17, 15) is 9.59 Å². The Kier molecular flexibility index (Phi) is 6.13. The van der Waals surface area contributed by atoms with Crippen LogP contribution in [0.1, 0.15) is 60.5 Å². The fraction of sp³-hybridized carbons (Fsp3) is 0.417. The first-order valence-corrected chi connectivity index (χ1v) is 10.6. The minimum Gasteiger partial charge on any atom is -0.490 e. The number of rotatable bonds is 7. The molecule has 1 atom stereocenters. The molecule has 2 amide bonds. The molecule has 1 saturated heterocycles. The largest absolute Gasteiger partial charge is 0.490 e. The van der Waals surface area contributed by atoms with Crippen LogP contribution in [-0.2, 0) is 4.79 Å². The van der Waals surface area contributed by atoms with Gasteiger partial charge in [-0.05, 0) is 61.9 Å². The monoisotopic (exact) mass is 392 g/mol. The molecule has 5 heteroatoms. The van der Waals surface area contributed by atoms with Crippen LogP contribution >= 0.6 is 0 Å². The second-order valence-electron chi connectivity index (χ2n) is 7.93. The highest BCUT2D eigenvalue weighted by molar-refractivity contribution is 5.94. The molecule has 2 aromatic carbocycles. The lowest BCUT2D eigenvalue weighted by Gasteiger charge is -2.25. The topological polar surface area (TPSA) is 58.6 Å². The Morgan fingerprint density at radius 1 is 1.03 bits per heavy atom. The van der Waals surface area contributed by atoms with Crippen molar-refractivity contribution in [3.8, 4) is 5.75 Å². The highest BCUT2D eigenvalue weighted by Gasteiger charge is 2.25.